The van der Waals surface area contributed by atoms with E-state index in [1.807, 2.05) is 0 Å². The Labute approximate surface area is 92.4 Å². The molecule has 0 saturated carbocycles. The lowest BCUT2D eigenvalue weighted by atomic mass is 10.0. The van der Waals surface area contributed by atoms with Crippen LogP contribution in [0.15, 0.2) is 16.9 Å². The zero-order valence-corrected chi connectivity index (χ0v) is 9.71. The van der Waals surface area contributed by atoms with Crippen LogP contribution >= 0.6 is 15.9 Å². The summed E-state index contributed by atoms with van der Waals surface area (Å²) in [6, 6.07) is 0. The fraction of sp³-hybridized carbons (Fsp3) is 0.500. The van der Waals surface area contributed by atoms with Crippen LogP contribution in [0.5, 0.6) is 0 Å². The Kier molecular flexibility index (Phi) is 2.68. The van der Waals surface area contributed by atoms with Crippen LogP contribution in [0.25, 0.3) is 0 Å². The van der Waals surface area contributed by atoms with Crippen LogP contribution in [-0.4, -0.2) is 30.8 Å². The molecule has 76 valence electrons. The van der Waals surface area contributed by atoms with Crippen LogP contribution in [-0.2, 0) is 16.4 Å². The van der Waals surface area contributed by atoms with Crippen LogP contribution in [0, 0.1) is 0 Å². The van der Waals surface area contributed by atoms with Gasteiger partial charge in [-0.3, -0.25) is 4.21 Å². The zero-order chi connectivity index (χ0) is 10.2. The molecule has 1 aromatic heterocycles. The lowest BCUT2D eigenvalue weighted by Gasteiger charge is -2.18. The average Bonchev–Trinajstić information content (AvgIpc) is 2.48. The van der Waals surface area contributed by atoms with E-state index in [9.17, 15) is 9.32 Å². The smallest absolute Gasteiger partial charge is 0.161 e. The van der Waals surface area contributed by atoms with Crippen molar-refractivity contribution in [2.75, 3.05) is 11.5 Å². The molecule has 1 aromatic rings. The first-order valence-corrected chi connectivity index (χ1v) is 6.44. The predicted molar refractivity (Wildman–Crippen MR) is 56.1 cm³/mol. The van der Waals surface area contributed by atoms with Gasteiger partial charge in [0.1, 0.15) is 5.60 Å². The minimum Gasteiger partial charge on any atom is -0.381 e. The van der Waals surface area contributed by atoms with Gasteiger partial charge in [-0.2, -0.15) is 0 Å². The van der Waals surface area contributed by atoms with Crippen molar-refractivity contribution in [1.29, 1.82) is 0 Å². The Morgan fingerprint density at radius 1 is 1.50 bits per heavy atom. The van der Waals surface area contributed by atoms with E-state index in [-0.39, 0.29) is 5.75 Å². The number of hydrogen-bond acceptors (Lipinski definition) is 4. The standard InChI is InChI=1S/C8H9BrN2O2S/c9-6-3-10-7(11-4-6)8(12)1-2-14(13)5-8/h3-4,12H,1-2,5H2/t8-,14+/m0/s1. The Morgan fingerprint density at radius 2 is 2.14 bits per heavy atom. The van der Waals surface area contributed by atoms with Gasteiger partial charge >= 0.3 is 0 Å². The highest BCUT2D eigenvalue weighted by atomic mass is 79.9. The lowest BCUT2D eigenvalue weighted by Crippen LogP contribution is -2.28. The molecule has 0 bridgehead atoms. The third kappa shape index (κ3) is 1.87. The van der Waals surface area contributed by atoms with E-state index >= 15 is 0 Å². The second kappa shape index (κ2) is 3.67. The summed E-state index contributed by atoms with van der Waals surface area (Å²) in [6.07, 6.45) is 3.64. The Morgan fingerprint density at radius 3 is 2.64 bits per heavy atom. The maximum absolute atomic E-state index is 11.2. The topological polar surface area (TPSA) is 63.1 Å². The van der Waals surface area contributed by atoms with E-state index in [1.165, 1.54) is 0 Å². The van der Waals surface area contributed by atoms with E-state index in [0.717, 1.165) is 4.47 Å². The molecule has 4 nitrogen and oxygen atoms in total. The number of rotatable bonds is 1. The fourth-order valence-corrected chi connectivity index (χ4v) is 3.14. The maximum Gasteiger partial charge on any atom is 0.161 e. The molecule has 6 heteroatoms. The monoisotopic (exact) mass is 276 g/mol. The van der Waals surface area contributed by atoms with E-state index in [1.54, 1.807) is 12.4 Å². The number of hydrogen-bond donors (Lipinski definition) is 1. The minimum atomic E-state index is -1.09. The van der Waals surface area contributed by atoms with Crippen LogP contribution in [0.1, 0.15) is 12.2 Å². The van der Waals surface area contributed by atoms with Crippen molar-refractivity contribution in [1.82, 2.24) is 9.97 Å². The van der Waals surface area contributed by atoms with E-state index < -0.39 is 16.4 Å². The summed E-state index contributed by atoms with van der Waals surface area (Å²) in [6.45, 7) is 0. The molecule has 1 N–H and O–H groups in total. The van der Waals surface area contributed by atoms with Crippen molar-refractivity contribution >= 4 is 26.7 Å². The molecule has 1 fully saturated rings. The van der Waals surface area contributed by atoms with E-state index in [4.69, 9.17) is 0 Å². The van der Waals surface area contributed by atoms with Gasteiger partial charge in [0.15, 0.2) is 5.82 Å². The number of aromatic nitrogens is 2. The van der Waals surface area contributed by atoms with Gasteiger partial charge in [0.05, 0.1) is 10.2 Å². The van der Waals surface area contributed by atoms with Gasteiger partial charge in [0, 0.05) is 28.9 Å². The molecule has 1 aliphatic heterocycles. The summed E-state index contributed by atoms with van der Waals surface area (Å²) in [5.74, 6) is 1.14. The van der Waals surface area contributed by atoms with Gasteiger partial charge in [-0.25, -0.2) is 9.97 Å². The van der Waals surface area contributed by atoms with Gasteiger partial charge in [-0.05, 0) is 22.4 Å². The van der Waals surface area contributed by atoms with Gasteiger partial charge in [-0.15, -0.1) is 0 Å². The van der Waals surface area contributed by atoms with Crippen LogP contribution in [0.3, 0.4) is 0 Å². The first kappa shape index (κ1) is 10.2. The number of aliphatic hydroxyl groups is 1. The lowest BCUT2D eigenvalue weighted by molar-refractivity contribution is 0.0558. The van der Waals surface area contributed by atoms with Crippen molar-refractivity contribution in [2.45, 2.75) is 12.0 Å². The van der Waals surface area contributed by atoms with E-state index in [0.29, 0.717) is 18.0 Å². The molecule has 0 aromatic carbocycles. The van der Waals surface area contributed by atoms with Gasteiger partial charge in [0.2, 0.25) is 0 Å². The van der Waals surface area contributed by atoms with Crippen molar-refractivity contribution in [3.8, 4) is 0 Å². The molecule has 0 aliphatic carbocycles. The Bertz CT molecular complexity index is 370. The highest BCUT2D eigenvalue weighted by molar-refractivity contribution is 9.10. The fourth-order valence-electron chi connectivity index (χ4n) is 1.42. The first-order valence-electron chi connectivity index (χ1n) is 4.15. The molecule has 1 saturated heterocycles. The molecular weight excluding hydrogens is 268 g/mol. The largest absolute Gasteiger partial charge is 0.381 e. The molecule has 1 aliphatic rings. The van der Waals surface area contributed by atoms with Crippen LogP contribution in [0.2, 0.25) is 0 Å². The third-order valence-electron chi connectivity index (χ3n) is 2.18. The zero-order valence-electron chi connectivity index (χ0n) is 7.31. The van der Waals surface area contributed by atoms with Gasteiger partial charge < -0.3 is 5.11 Å². The van der Waals surface area contributed by atoms with Crippen molar-refractivity contribution in [3.63, 3.8) is 0 Å². The number of halogens is 1. The maximum atomic E-state index is 11.2. The minimum absolute atomic E-state index is 0.245. The summed E-state index contributed by atoms with van der Waals surface area (Å²) in [7, 11) is -0.940. The molecule has 0 amide bonds. The molecule has 2 atom stereocenters. The van der Waals surface area contributed by atoms with Crippen LogP contribution < -0.4 is 0 Å². The van der Waals surface area contributed by atoms with Gasteiger partial charge in [-0.1, -0.05) is 0 Å². The summed E-state index contributed by atoms with van der Waals surface area (Å²) < 4.78 is 12.0. The SMILES string of the molecule is O=[S@@]1CC[C@@](O)(c2ncc(Br)cn2)C1. The molecular formula is C8H9BrN2O2S. The molecule has 14 heavy (non-hydrogen) atoms. The summed E-state index contributed by atoms with van der Waals surface area (Å²) in [5.41, 5.74) is -1.09. The van der Waals surface area contributed by atoms with Crippen molar-refractivity contribution in [3.05, 3.63) is 22.7 Å². The van der Waals surface area contributed by atoms with Crippen molar-refractivity contribution < 1.29 is 9.32 Å². The first-order chi connectivity index (χ1) is 6.60. The molecule has 2 rings (SSSR count). The average molecular weight is 277 g/mol. The highest BCUT2D eigenvalue weighted by Gasteiger charge is 2.39. The van der Waals surface area contributed by atoms with Crippen molar-refractivity contribution in [2.24, 2.45) is 0 Å². The molecule has 0 spiro atoms. The van der Waals surface area contributed by atoms with Gasteiger partial charge in [0.25, 0.3) is 0 Å². The summed E-state index contributed by atoms with van der Waals surface area (Å²) in [5, 5.41) is 10.1. The number of nitrogens with zero attached hydrogens (tertiary/aromatic N) is 2. The third-order valence-corrected chi connectivity index (χ3v) is 4.05. The second-order valence-corrected chi connectivity index (χ2v) is 5.79. The normalized spacial score (nSPS) is 32.0. The Hall–Kier alpha value is -0.330. The second-order valence-electron chi connectivity index (χ2n) is 3.29. The van der Waals surface area contributed by atoms with E-state index in [2.05, 4.69) is 25.9 Å². The molecule has 0 radical (unpaired) electrons. The quantitative estimate of drug-likeness (QED) is 0.815. The van der Waals surface area contributed by atoms with Crippen LogP contribution in [0.4, 0.5) is 0 Å². The molecule has 0 unspecified atom stereocenters. The Balaban J connectivity index is 2.30. The summed E-state index contributed by atoms with van der Waals surface area (Å²) >= 11 is 3.22. The highest BCUT2D eigenvalue weighted by Crippen LogP contribution is 2.29. The summed E-state index contributed by atoms with van der Waals surface area (Å²) in [4.78, 5) is 8.05. The predicted octanol–water partition coefficient (Wildman–Crippen LogP) is 0.579. The molecule has 2 heterocycles.